The lowest BCUT2D eigenvalue weighted by atomic mass is 9.89. The van der Waals surface area contributed by atoms with Gasteiger partial charge in [0.25, 0.3) is 0 Å². The normalized spacial score (nSPS) is 11.7. The van der Waals surface area contributed by atoms with Gasteiger partial charge in [-0.2, -0.15) is 0 Å². The largest absolute Gasteiger partial charge is 0.309 e. The Bertz CT molecular complexity index is 3900. The lowest BCUT2D eigenvalue weighted by molar-refractivity contribution is 1.07. The first-order valence-corrected chi connectivity index (χ1v) is 22.1. The second kappa shape index (κ2) is 15.0. The number of rotatable bonds is 6. The van der Waals surface area contributed by atoms with Gasteiger partial charge in [0.05, 0.1) is 16.7 Å². The third-order valence-electron chi connectivity index (χ3n) is 13.0. The molecule has 0 atom stereocenters. The Kier molecular flexibility index (Phi) is 8.50. The molecule has 0 aliphatic heterocycles. The van der Waals surface area contributed by atoms with Crippen LogP contribution in [0.2, 0.25) is 0 Å². The SMILES string of the molecule is c1ccc(-c2ccc3c(c2)c2ccccc2n3-c2cccc3c4ccc(-c5cc(-c6nc(-c7ccccc7)nc(-c7ccccc7)n6)cc6ccccc56)cc4c4ccccc4c23)cc1. The lowest BCUT2D eigenvalue weighted by Gasteiger charge is -2.17. The highest BCUT2D eigenvalue weighted by Crippen LogP contribution is 2.44. The van der Waals surface area contributed by atoms with Crippen molar-refractivity contribution < 1.29 is 0 Å². The first-order chi connectivity index (χ1) is 32.2. The standard InChI is InChI=1S/C61H38N4/c1-4-17-39(18-5-1)42-32-34-56-54(36-42)49-26-14-15-29-55(49)65(56)57-30-16-28-51-48-33-31-44(37-53(48)47-25-12-13-27-50(47)58(51)57)52-38-45(35-43-23-10-11-24-46(43)52)61-63-59(40-19-6-2-7-20-40)62-60(64-61)41-21-8-3-9-22-41/h1-38H. The Morgan fingerprint density at radius 1 is 0.262 bits per heavy atom. The summed E-state index contributed by atoms with van der Waals surface area (Å²) in [5, 5.41) is 12.1. The van der Waals surface area contributed by atoms with E-state index >= 15 is 0 Å². The van der Waals surface area contributed by atoms with Crippen molar-refractivity contribution in [3.05, 3.63) is 231 Å². The van der Waals surface area contributed by atoms with Crippen molar-refractivity contribution in [1.82, 2.24) is 19.5 Å². The fourth-order valence-electron chi connectivity index (χ4n) is 10.00. The highest BCUT2D eigenvalue weighted by Gasteiger charge is 2.20. The highest BCUT2D eigenvalue weighted by atomic mass is 15.0. The predicted octanol–water partition coefficient (Wildman–Crippen LogP) is 15.9. The van der Waals surface area contributed by atoms with Gasteiger partial charge in [-0.25, -0.2) is 15.0 Å². The maximum atomic E-state index is 5.13. The van der Waals surface area contributed by atoms with Gasteiger partial charge in [0.2, 0.25) is 0 Å². The molecule has 0 fully saturated rings. The summed E-state index contributed by atoms with van der Waals surface area (Å²) in [6.45, 7) is 0. The van der Waals surface area contributed by atoms with Crippen LogP contribution in [0.15, 0.2) is 231 Å². The van der Waals surface area contributed by atoms with Gasteiger partial charge in [0.15, 0.2) is 17.5 Å². The van der Waals surface area contributed by atoms with Gasteiger partial charge < -0.3 is 4.57 Å². The third-order valence-corrected chi connectivity index (χ3v) is 13.0. The second-order valence-corrected chi connectivity index (χ2v) is 16.7. The summed E-state index contributed by atoms with van der Waals surface area (Å²) in [5.41, 5.74) is 11.1. The van der Waals surface area contributed by atoms with Gasteiger partial charge in [-0.1, -0.05) is 188 Å². The number of aromatic nitrogens is 4. The summed E-state index contributed by atoms with van der Waals surface area (Å²) in [6.07, 6.45) is 0. The van der Waals surface area contributed by atoms with E-state index in [9.17, 15) is 0 Å². The van der Waals surface area contributed by atoms with Crippen LogP contribution < -0.4 is 0 Å². The van der Waals surface area contributed by atoms with Crippen LogP contribution in [0.25, 0.3) is 127 Å². The number of hydrogen-bond acceptors (Lipinski definition) is 3. The van der Waals surface area contributed by atoms with Crippen LogP contribution in [-0.4, -0.2) is 19.5 Å². The van der Waals surface area contributed by atoms with Crippen molar-refractivity contribution in [3.63, 3.8) is 0 Å². The smallest absolute Gasteiger partial charge is 0.164 e. The van der Waals surface area contributed by atoms with Crippen LogP contribution in [0.3, 0.4) is 0 Å². The first-order valence-electron chi connectivity index (χ1n) is 22.1. The quantitative estimate of drug-likeness (QED) is 0.157. The van der Waals surface area contributed by atoms with Crippen LogP contribution in [0.4, 0.5) is 0 Å². The molecule has 11 aromatic carbocycles. The van der Waals surface area contributed by atoms with Crippen LogP contribution in [-0.2, 0) is 0 Å². The summed E-state index contributed by atoms with van der Waals surface area (Å²) in [6, 6.07) is 82.5. The number of benzene rings is 11. The molecular formula is C61H38N4. The van der Waals surface area contributed by atoms with Crippen molar-refractivity contribution >= 4 is 64.9 Å². The van der Waals surface area contributed by atoms with Gasteiger partial charge in [0.1, 0.15) is 0 Å². The molecule has 4 heteroatoms. The van der Waals surface area contributed by atoms with Crippen molar-refractivity contribution in [3.8, 4) is 62.1 Å². The second-order valence-electron chi connectivity index (χ2n) is 16.7. The number of hydrogen-bond donors (Lipinski definition) is 0. The highest BCUT2D eigenvalue weighted by molar-refractivity contribution is 6.28. The molecule has 0 radical (unpaired) electrons. The van der Waals surface area contributed by atoms with Crippen LogP contribution in [0.5, 0.6) is 0 Å². The zero-order chi connectivity index (χ0) is 42.8. The minimum absolute atomic E-state index is 0.635. The number of nitrogens with zero attached hydrogens (tertiary/aromatic N) is 4. The lowest BCUT2D eigenvalue weighted by Crippen LogP contribution is -2.00. The molecule has 0 amide bonds. The monoisotopic (exact) mass is 826 g/mol. The number of fused-ring (bicyclic) bond motifs is 10. The maximum absolute atomic E-state index is 5.13. The van der Waals surface area contributed by atoms with Crippen LogP contribution >= 0.6 is 0 Å². The molecule has 4 nitrogen and oxygen atoms in total. The predicted molar refractivity (Wildman–Crippen MR) is 271 cm³/mol. The minimum atomic E-state index is 0.635. The fraction of sp³-hybridized carbons (Fsp3) is 0. The van der Waals surface area contributed by atoms with Crippen molar-refractivity contribution in [2.45, 2.75) is 0 Å². The minimum Gasteiger partial charge on any atom is -0.309 e. The van der Waals surface area contributed by atoms with Gasteiger partial charge in [0, 0.05) is 32.8 Å². The van der Waals surface area contributed by atoms with Crippen molar-refractivity contribution in [2.24, 2.45) is 0 Å². The first kappa shape index (κ1) is 36.9. The Hall–Kier alpha value is -8.73. The molecule has 0 saturated heterocycles. The molecular weight excluding hydrogens is 789 g/mol. The molecule has 0 aliphatic rings. The molecule has 0 aliphatic carbocycles. The molecule has 13 aromatic rings. The molecule has 13 rings (SSSR count). The van der Waals surface area contributed by atoms with Crippen LogP contribution in [0.1, 0.15) is 0 Å². The van der Waals surface area contributed by atoms with E-state index in [0.29, 0.717) is 17.5 Å². The molecule has 0 unspecified atom stereocenters. The van der Waals surface area contributed by atoms with E-state index in [2.05, 4.69) is 199 Å². The molecule has 0 N–H and O–H groups in total. The Labute approximate surface area is 375 Å². The van der Waals surface area contributed by atoms with E-state index in [1.807, 2.05) is 36.4 Å². The fourth-order valence-corrected chi connectivity index (χ4v) is 10.00. The summed E-state index contributed by atoms with van der Waals surface area (Å²) >= 11 is 0. The Morgan fingerprint density at radius 3 is 1.48 bits per heavy atom. The molecule has 0 spiro atoms. The zero-order valence-corrected chi connectivity index (χ0v) is 35.2. The maximum Gasteiger partial charge on any atom is 0.164 e. The van der Waals surface area contributed by atoms with Gasteiger partial charge >= 0.3 is 0 Å². The molecule has 2 aromatic heterocycles. The molecule has 0 bridgehead atoms. The van der Waals surface area contributed by atoms with E-state index in [-0.39, 0.29) is 0 Å². The van der Waals surface area contributed by atoms with E-state index in [1.165, 1.54) is 76.3 Å². The van der Waals surface area contributed by atoms with Crippen LogP contribution in [0, 0.1) is 0 Å². The Balaban J connectivity index is 1.02. The average molecular weight is 827 g/mol. The number of para-hydroxylation sites is 1. The summed E-state index contributed by atoms with van der Waals surface area (Å²) in [7, 11) is 0. The molecule has 65 heavy (non-hydrogen) atoms. The summed E-state index contributed by atoms with van der Waals surface area (Å²) in [5.74, 6) is 1.92. The van der Waals surface area contributed by atoms with Gasteiger partial charge in [-0.3, -0.25) is 0 Å². The summed E-state index contributed by atoms with van der Waals surface area (Å²) < 4.78 is 2.47. The van der Waals surface area contributed by atoms with E-state index < -0.39 is 0 Å². The summed E-state index contributed by atoms with van der Waals surface area (Å²) in [4.78, 5) is 15.2. The molecule has 302 valence electrons. The average Bonchev–Trinajstić information content (AvgIpc) is 3.72. The van der Waals surface area contributed by atoms with Crippen molar-refractivity contribution in [2.75, 3.05) is 0 Å². The third kappa shape index (κ3) is 6.11. The van der Waals surface area contributed by atoms with Gasteiger partial charge in [-0.05, 0) is 102 Å². The Morgan fingerprint density at radius 2 is 0.769 bits per heavy atom. The molecule has 0 saturated carbocycles. The van der Waals surface area contributed by atoms with E-state index in [0.717, 1.165) is 33.2 Å². The van der Waals surface area contributed by atoms with E-state index in [4.69, 9.17) is 15.0 Å². The zero-order valence-electron chi connectivity index (χ0n) is 35.2. The van der Waals surface area contributed by atoms with E-state index in [1.54, 1.807) is 0 Å². The van der Waals surface area contributed by atoms with Crippen molar-refractivity contribution in [1.29, 1.82) is 0 Å². The molecule has 2 heterocycles. The topological polar surface area (TPSA) is 43.6 Å². The van der Waals surface area contributed by atoms with Gasteiger partial charge in [-0.15, -0.1) is 0 Å².